The van der Waals surface area contributed by atoms with Gasteiger partial charge in [0.05, 0.1) is 11.0 Å². The summed E-state index contributed by atoms with van der Waals surface area (Å²) in [5.74, 6) is 0. The molecule has 4 nitrogen and oxygen atoms in total. The van der Waals surface area contributed by atoms with Gasteiger partial charge in [-0.05, 0) is 23.8 Å². The van der Waals surface area contributed by atoms with Gasteiger partial charge >= 0.3 is 0 Å². The zero-order chi connectivity index (χ0) is 18.8. The summed E-state index contributed by atoms with van der Waals surface area (Å²) in [7, 11) is 0. The fourth-order valence-corrected chi connectivity index (χ4v) is 3.71. The van der Waals surface area contributed by atoms with Gasteiger partial charge in [-0.25, -0.2) is 0 Å². The molecule has 1 aromatic heterocycles. The molecule has 2 atom stereocenters. The van der Waals surface area contributed by atoms with Crippen LogP contribution in [0, 0.1) is 0 Å². The maximum Gasteiger partial charge on any atom is 0.158 e. The molecule has 27 heavy (non-hydrogen) atoms. The second kappa shape index (κ2) is 7.71. The normalized spacial score (nSPS) is 13.9. The van der Waals surface area contributed by atoms with Crippen LogP contribution in [0.3, 0.4) is 0 Å². The number of nitrogens with zero attached hydrogens (tertiary/aromatic N) is 1. The highest BCUT2D eigenvalue weighted by Crippen LogP contribution is 2.31. The van der Waals surface area contributed by atoms with Crippen molar-refractivity contribution in [2.45, 2.75) is 18.9 Å². The first-order valence-electron chi connectivity index (χ1n) is 8.95. The lowest BCUT2D eigenvalue weighted by molar-refractivity contribution is -0.0218. The molecule has 0 spiro atoms. The Labute approximate surface area is 162 Å². The number of aromatic nitrogens is 1. The third-order valence-corrected chi connectivity index (χ3v) is 5.22. The van der Waals surface area contributed by atoms with Gasteiger partial charge in [0.1, 0.15) is 6.10 Å². The molecule has 0 fully saturated rings. The minimum Gasteiger partial charge on any atom is -0.387 e. The van der Waals surface area contributed by atoms with E-state index in [4.69, 9.17) is 11.6 Å². The Hall–Kier alpha value is -2.37. The Kier molecular flexibility index (Phi) is 5.14. The summed E-state index contributed by atoms with van der Waals surface area (Å²) >= 11 is 6.16. The number of hydrogen-bond acceptors (Lipinski definition) is 3. The highest BCUT2D eigenvalue weighted by molar-refractivity contribution is 6.31. The molecule has 0 aliphatic heterocycles. The minimum atomic E-state index is -1.06. The lowest BCUT2D eigenvalue weighted by atomic mass is 10.2. The number of nitrogens with one attached hydrogen (secondary N) is 1. The molecule has 3 N–H and O–H groups in total. The number of hydrogen-bond donors (Lipinski definition) is 3. The van der Waals surface area contributed by atoms with Crippen molar-refractivity contribution >= 4 is 33.4 Å². The molecule has 0 amide bonds. The summed E-state index contributed by atoms with van der Waals surface area (Å²) in [6.45, 7) is 0.768. The summed E-state index contributed by atoms with van der Waals surface area (Å²) in [5.41, 5.74) is 2.76. The van der Waals surface area contributed by atoms with Crippen molar-refractivity contribution in [2.24, 2.45) is 0 Å². The number of para-hydroxylation sites is 2. The van der Waals surface area contributed by atoms with Crippen LogP contribution in [0.15, 0.2) is 72.8 Å². The Balaban J connectivity index is 1.56. The van der Waals surface area contributed by atoms with Gasteiger partial charge in [-0.1, -0.05) is 66.2 Å². The number of halogens is 1. The van der Waals surface area contributed by atoms with Crippen molar-refractivity contribution in [3.8, 4) is 0 Å². The quantitative estimate of drug-likeness (QED) is 0.472. The molecule has 0 saturated carbocycles. The molecule has 0 bridgehead atoms. The Bertz CT molecular complexity index is 1020. The smallest absolute Gasteiger partial charge is 0.158 e. The second-order valence-corrected chi connectivity index (χ2v) is 7.01. The van der Waals surface area contributed by atoms with Gasteiger partial charge in [-0.2, -0.15) is 0 Å². The summed E-state index contributed by atoms with van der Waals surface area (Å²) in [4.78, 5) is 0. The van der Waals surface area contributed by atoms with Crippen molar-refractivity contribution in [1.29, 1.82) is 0 Å². The van der Waals surface area contributed by atoms with E-state index in [9.17, 15) is 10.2 Å². The molecule has 138 valence electrons. The van der Waals surface area contributed by atoms with Crippen LogP contribution in [0.2, 0.25) is 5.02 Å². The maximum atomic E-state index is 10.9. The first-order valence-corrected chi connectivity index (χ1v) is 9.32. The summed E-state index contributed by atoms with van der Waals surface area (Å²) < 4.78 is 1.80. The van der Waals surface area contributed by atoms with E-state index in [1.807, 2.05) is 72.8 Å². The molecule has 1 heterocycles. The standard InChI is InChI=1S/C22H21ClN2O2/c23-18-10-4-1-7-15(18)13-24-14-21(26)22(27)25-19-11-5-2-8-16(19)17-9-3-6-12-20(17)25/h1-12,21-22,24,26-27H,13-14H2. The number of benzene rings is 3. The number of aliphatic hydroxyl groups excluding tert-OH is 2. The predicted molar refractivity (Wildman–Crippen MR) is 110 cm³/mol. The molecule has 5 heteroatoms. The van der Waals surface area contributed by atoms with Crippen molar-refractivity contribution in [1.82, 2.24) is 9.88 Å². The summed E-state index contributed by atoms with van der Waals surface area (Å²) in [5, 5.41) is 27.4. The SMILES string of the molecule is OC(CNCc1ccccc1Cl)C(O)n1c2ccccc2c2ccccc21. The van der Waals surface area contributed by atoms with Crippen LogP contribution < -0.4 is 5.32 Å². The van der Waals surface area contributed by atoms with Crippen molar-refractivity contribution in [2.75, 3.05) is 6.54 Å². The van der Waals surface area contributed by atoms with E-state index in [1.54, 1.807) is 4.57 Å². The predicted octanol–water partition coefficient (Wildman–Crippen LogP) is 4.09. The van der Waals surface area contributed by atoms with Crippen molar-refractivity contribution < 1.29 is 10.2 Å². The van der Waals surface area contributed by atoms with Crippen molar-refractivity contribution in [3.05, 3.63) is 83.4 Å². The molecule has 2 unspecified atom stereocenters. The monoisotopic (exact) mass is 380 g/mol. The molecule has 3 aromatic carbocycles. The van der Waals surface area contributed by atoms with Gasteiger partial charge in [-0.3, -0.25) is 0 Å². The summed E-state index contributed by atoms with van der Waals surface area (Å²) in [6, 6.07) is 23.4. The van der Waals surface area contributed by atoms with Gasteiger partial charge in [0, 0.05) is 28.9 Å². The highest BCUT2D eigenvalue weighted by atomic mass is 35.5. The third kappa shape index (κ3) is 3.45. The van der Waals surface area contributed by atoms with E-state index in [2.05, 4.69) is 5.32 Å². The lowest BCUT2D eigenvalue weighted by Gasteiger charge is -2.22. The molecule has 0 aliphatic rings. The highest BCUT2D eigenvalue weighted by Gasteiger charge is 2.22. The number of rotatable bonds is 6. The molecule has 4 rings (SSSR count). The maximum absolute atomic E-state index is 10.9. The Morgan fingerprint density at radius 3 is 2.00 bits per heavy atom. The van der Waals surface area contributed by atoms with Gasteiger partial charge in [0.15, 0.2) is 6.23 Å². The fourth-order valence-electron chi connectivity index (χ4n) is 3.51. The molecule has 4 aromatic rings. The van der Waals surface area contributed by atoms with Crippen LogP contribution in [-0.4, -0.2) is 27.4 Å². The van der Waals surface area contributed by atoms with Gasteiger partial charge < -0.3 is 20.1 Å². The van der Waals surface area contributed by atoms with Gasteiger partial charge in [-0.15, -0.1) is 0 Å². The van der Waals surface area contributed by atoms with Crippen LogP contribution in [0.25, 0.3) is 21.8 Å². The van der Waals surface area contributed by atoms with E-state index < -0.39 is 12.3 Å². The van der Waals surface area contributed by atoms with Crippen LogP contribution in [0.5, 0.6) is 0 Å². The fraction of sp³-hybridized carbons (Fsp3) is 0.182. The first kappa shape index (κ1) is 18.0. The zero-order valence-electron chi connectivity index (χ0n) is 14.7. The van der Waals surface area contributed by atoms with E-state index in [0.29, 0.717) is 11.6 Å². The van der Waals surface area contributed by atoms with E-state index in [1.165, 1.54) is 0 Å². The lowest BCUT2D eigenvalue weighted by Crippen LogP contribution is -2.34. The van der Waals surface area contributed by atoms with Gasteiger partial charge in [0.2, 0.25) is 0 Å². The largest absolute Gasteiger partial charge is 0.387 e. The topological polar surface area (TPSA) is 57.4 Å². The summed E-state index contributed by atoms with van der Waals surface area (Å²) in [6.07, 6.45) is -2.03. The zero-order valence-corrected chi connectivity index (χ0v) is 15.5. The van der Waals surface area contributed by atoms with Crippen LogP contribution in [0.1, 0.15) is 11.8 Å². The van der Waals surface area contributed by atoms with E-state index >= 15 is 0 Å². The average molecular weight is 381 g/mol. The van der Waals surface area contributed by atoms with Gasteiger partial charge in [0.25, 0.3) is 0 Å². The van der Waals surface area contributed by atoms with Crippen molar-refractivity contribution in [3.63, 3.8) is 0 Å². The molecule has 0 saturated heterocycles. The third-order valence-electron chi connectivity index (χ3n) is 4.85. The molecular formula is C22H21ClN2O2. The molecule has 0 aliphatic carbocycles. The molecular weight excluding hydrogens is 360 g/mol. The average Bonchev–Trinajstić information content (AvgIpc) is 3.03. The minimum absolute atomic E-state index is 0.243. The number of aliphatic hydroxyl groups is 2. The van der Waals surface area contributed by atoms with E-state index in [-0.39, 0.29) is 6.54 Å². The Morgan fingerprint density at radius 2 is 1.37 bits per heavy atom. The van der Waals surface area contributed by atoms with Crippen LogP contribution in [-0.2, 0) is 6.54 Å². The second-order valence-electron chi connectivity index (χ2n) is 6.61. The van der Waals surface area contributed by atoms with E-state index in [0.717, 1.165) is 27.4 Å². The number of fused-ring (bicyclic) bond motifs is 3. The Morgan fingerprint density at radius 1 is 0.815 bits per heavy atom. The molecule has 0 radical (unpaired) electrons. The van der Waals surface area contributed by atoms with Crippen LogP contribution in [0.4, 0.5) is 0 Å². The van der Waals surface area contributed by atoms with Crippen LogP contribution >= 0.6 is 11.6 Å². The first-order chi connectivity index (χ1) is 13.2.